The molecule has 0 fully saturated rings. The van der Waals surface area contributed by atoms with Crippen molar-refractivity contribution in [3.8, 4) is 11.5 Å². The van der Waals surface area contributed by atoms with E-state index < -0.39 is 24.2 Å². The fourth-order valence-corrected chi connectivity index (χ4v) is 1.45. The Morgan fingerprint density at radius 2 is 2.11 bits per heavy atom. The molecule has 19 heavy (non-hydrogen) atoms. The van der Waals surface area contributed by atoms with Crippen LogP contribution in [0.1, 0.15) is 13.3 Å². The molecular formula is C11H10ClF3O4. The average Bonchev–Trinajstić information content (AvgIpc) is 2.25. The molecule has 1 aromatic rings. The van der Waals surface area contributed by atoms with Gasteiger partial charge in [0, 0.05) is 6.07 Å². The molecular weight excluding hydrogens is 289 g/mol. The number of ether oxygens (including phenoxy) is 2. The van der Waals surface area contributed by atoms with Gasteiger partial charge in [-0.2, -0.15) is 0 Å². The van der Waals surface area contributed by atoms with Gasteiger partial charge in [-0.25, -0.2) is 4.79 Å². The Labute approximate surface area is 111 Å². The molecule has 0 saturated carbocycles. The summed E-state index contributed by atoms with van der Waals surface area (Å²) in [6, 6.07) is 3.01. The van der Waals surface area contributed by atoms with Crippen molar-refractivity contribution in [3.63, 3.8) is 0 Å². The first kappa shape index (κ1) is 15.4. The minimum atomic E-state index is -4.82. The van der Waals surface area contributed by atoms with Crippen LogP contribution in [-0.2, 0) is 4.79 Å². The van der Waals surface area contributed by atoms with Gasteiger partial charge in [0.1, 0.15) is 11.5 Å². The minimum Gasteiger partial charge on any atom is -0.479 e. The smallest absolute Gasteiger partial charge is 0.479 e. The number of alkyl halides is 3. The Balaban J connectivity index is 2.85. The molecule has 8 heteroatoms. The van der Waals surface area contributed by atoms with Gasteiger partial charge in [-0.05, 0) is 18.6 Å². The van der Waals surface area contributed by atoms with E-state index >= 15 is 0 Å². The number of carboxylic acid groups (broad SMARTS) is 1. The molecule has 0 aliphatic carbocycles. The highest BCUT2D eigenvalue weighted by Gasteiger charge is 2.31. The van der Waals surface area contributed by atoms with Crippen molar-refractivity contribution in [2.75, 3.05) is 0 Å². The number of hydrogen-bond acceptors (Lipinski definition) is 3. The molecule has 0 aliphatic heterocycles. The van der Waals surface area contributed by atoms with E-state index in [1.54, 1.807) is 6.92 Å². The maximum absolute atomic E-state index is 12.0. The van der Waals surface area contributed by atoms with Crippen LogP contribution in [0.5, 0.6) is 11.5 Å². The SMILES string of the molecule is CCC(Oc1ccc(OC(F)(F)F)cc1Cl)C(=O)O. The molecule has 0 bridgehead atoms. The molecule has 4 nitrogen and oxygen atoms in total. The van der Waals surface area contributed by atoms with Gasteiger partial charge in [0.25, 0.3) is 0 Å². The molecule has 0 aromatic heterocycles. The predicted octanol–water partition coefficient (Wildman–Crippen LogP) is 3.48. The van der Waals surface area contributed by atoms with E-state index in [4.69, 9.17) is 21.4 Å². The van der Waals surface area contributed by atoms with Gasteiger partial charge in [-0.1, -0.05) is 18.5 Å². The Morgan fingerprint density at radius 1 is 1.47 bits per heavy atom. The van der Waals surface area contributed by atoms with Gasteiger partial charge >= 0.3 is 12.3 Å². The fourth-order valence-electron chi connectivity index (χ4n) is 1.24. The summed E-state index contributed by atoms with van der Waals surface area (Å²) in [7, 11) is 0. The molecule has 1 atom stereocenters. The monoisotopic (exact) mass is 298 g/mol. The van der Waals surface area contributed by atoms with E-state index in [1.807, 2.05) is 0 Å². The highest BCUT2D eigenvalue weighted by atomic mass is 35.5. The van der Waals surface area contributed by atoms with Crippen LogP contribution in [0.15, 0.2) is 18.2 Å². The number of rotatable bonds is 5. The second-order valence-corrected chi connectivity index (χ2v) is 3.90. The Kier molecular flexibility index (Phi) is 4.88. The summed E-state index contributed by atoms with van der Waals surface area (Å²) < 4.78 is 44.6. The largest absolute Gasteiger partial charge is 0.573 e. The van der Waals surface area contributed by atoms with Crippen molar-refractivity contribution < 1.29 is 32.5 Å². The zero-order valence-electron chi connectivity index (χ0n) is 9.70. The van der Waals surface area contributed by atoms with Crippen LogP contribution in [0.4, 0.5) is 13.2 Å². The number of aliphatic carboxylic acids is 1. The number of carboxylic acids is 1. The maximum atomic E-state index is 12.0. The molecule has 0 radical (unpaired) electrons. The molecule has 0 heterocycles. The van der Waals surface area contributed by atoms with E-state index in [2.05, 4.69) is 4.74 Å². The highest BCUT2D eigenvalue weighted by molar-refractivity contribution is 6.32. The van der Waals surface area contributed by atoms with E-state index in [0.29, 0.717) is 0 Å². The van der Waals surface area contributed by atoms with Crippen LogP contribution in [0.3, 0.4) is 0 Å². The summed E-state index contributed by atoms with van der Waals surface area (Å²) in [6.07, 6.45) is -5.75. The van der Waals surface area contributed by atoms with Crippen molar-refractivity contribution in [3.05, 3.63) is 23.2 Å². The standard InChI is InChI=1S/C11H10ClF3O4/c1-2-8(10(16)17)18-9-4-3-6(5-7(9)12)19-11(13,14)15/h3-5,8H,2H2,1H3,(H,16,17). The van der Waals surface area contributed by atoms with Crippen molar-refractivity contribution in [2.45, 2.75) is 25.8 Å². The normalized spacial score (nSPS) is 12.9. The summed E-state index contributed by atoms with van der Waals surface area (Å²) in [5, 5.41) is 8.63. The lowest BCUT2D eigenvalue weighted by Crippen LogP contribution is -2.26. The number of carbonyl (C=O) groups is 1. The summed E-state index contributed by atoms with van der Waals surface area (Å²) in [6.45, 7) is 1.59. The van der Waals surface area contributed by atoms with Crippen LogP contribution >= 0.6 is 11.6 Å². The van der Waals surface area contributed by atoms with Crippen molar-refractivity contribution in [2.24, 2.45) is 0 Å². The molecule has 1 rings (SSSR count). The van der Waals surface area contributed by atoms with E-state index in [0.717, 1.165) is 18.2 Å². The van der Waals surface area contributed by atoms with Gasteiger partial charge < -0.3 is 14.6 Å². The van der Waals surface area contributed by atoms with Gasteiger partial charge in [0.15, 0.2) is 6.10 Å². The molecule has 0 amide bonds. The zero-order valence-corrected chi connectivity index (χ0v) is 10.5. The Hall–Kier alpha value is -1.63. The second-order valence-electron chi connectivity index (χ2n) is 3.49. The predicted molar refractivity (Wildman–Crippen MR) is 60.5 cm³/mol. The first-order valence-electron chi connectivity index (χ1n) is 5.17. The first-order valence-corrected chi connectivity index (χ1v) is 5.55. The lowest BCUT2D eigenvalue weighted by molar-refractivity contribution is -0.274. The summed E-state index contributed by atoms with van der Waals surface area (Å²) in [4.78, 5) is 10.8. The van der Waals surface area contributed by atoms with Gasteiger partial charge in [-0.3, -0.25) is 0 Å². The summed E-state index contributed by atoms with van der Waals surface area (Å²) >= 11 is 5.70. The summed E-state index contributed by atoms with van der Waals surface area (Å²) in [5.41, 5.74) is 0. The van der Waals surface area contributed by atoms with Gasteiger partial charge in [0.05, 0.1) is 5.02 Å². The third kappa shape index (κ3) is 4.86. The minimum absolute atomic E-state index is 0.0227. The summed E-state index contributed by atoms with van der Waals surface area (Å²) in [5.74, 6) is -1.71. The molecule has 106 valence electrons. The zero-order chi connectivity index (χ0) is 14.6. The van der Waals surface area contributed by atoms with E-state index in [9.17, 15) is 18.0 Å². The quantitative estimate of drug-likeness (QED) is 0.904. The first-order chi connectivity index (χ1) is 8.73. The number of hydrogen-bond donors (Lipinski definition) is 1. The molecule has 0 aliphatic rings. The molecule has 1 aromatic carbocycles. The maximum Gasteiger partial charge on any atom is 0.573 e. The third-order valence-electron chi connectivity index (χ3n) is 2.05. The van der Waals surface area contributed by atoms with E-state index in [-0.39, 0.29) is 17.2 Å². The van der Waals surface area contributed by atoms with Crippen LogP contribution in [0, 0.1) is 0 Å². The van der Waals surface area contributed by atoms with Crippen LogP contribution in [-0.4, -0.2) is 23.5 Å². The third-order valence-corrected chi connectivity index (χ3v) is 2.35. The molecule has 1 unspecified atom stereocenters. The number of halogens is 4. The van der Waals surface area contributed by atoms with Crippen molar-refractivity contribution >= 4 is 17.6 Å². The fraction of sp³-hybridized carbons (Fsp3) is 0.364. The topological polar surface area (TPSA) is 55.8 Å². The highest BCUT2D eigenvalue weighted by Crippen LogP contribution is 2.32. The van der Waals surface area contributed by atoms with Crippen LogP contribution in [0.2, 0.25) is 5.02 Å². The number of benzene rings is 1. The Bertz CT molecular complexity index is 462. The van der Waals surface area contributed by atoms with Crippen LogP contribution in [0.25, 0.3) is 0 Å². The van der Waals surface area contributed by atoms with Crippen LogP contribution < -0.4 is 9.47 Å². The Morgan fingerprint density at radius 3 is 2.53 bits per heavy atom. The van der Waals surface area contributed by atoms with Crippen molar-refractivity contribution in [1.29, 1.82) is 0 Å². The molecule has 0 saturated heterocycles. The van der Waals surface area contributed by atoms with Gasteiger partial charge in [0.2, 0.25) is 0 Å². The molecule has 0 spiro atoms. The average molecular weight is 299 g/mol. The lowest BCUT2D eigenvalue weighted by Gasteiger charge is -2.15. The van der Waals surface area contributed by atoms with E-state index in [1.165, 1.54) is 0 Å². The molecule has 1 N–H and O–H groups in total. The van der Waals surface area contributed by atoms with Gasteiger partial charge in [-0.15, -0.1) is 13.2 Å². The second kappa shape index (κ2) is 6.01. The van der Waals surface area contributed by atoms with Crippen molar-refractivity contribution in [1.82, 2.24) is 0 Å². The lowest BCUT2D eigenvalue weighted by atomic mass is 10.2.